The maximum Gasteiger partial charge on any atom is 0.337 e. The molecule has 0 spiro atoms. The highest BCUT2D eigenvalue weighted by Gasteiger charge is 2.18. The Hall–Kier alpha value is -2.08. The van der Waals surface area contributed by atoms with Crippen LogP contribution in [0.4, 0.5) is 0 Å². The summed E-state index contributed by atoms with van der Waals surface area (Å²) in [6.45, 7) is 1.21. The van der Waals surface area contributed by atoms with E-state index in [4.69, 9.17) is 14.6 Å². The van der Waals surface area contributed by atoms with Crippen molar-refractivity contribution in [1.29, 1.82) is 0 Å². The summed E-state index contributed by atoms with van der Waals surface area (Å²) in [4.78, 5) is 23.0. The molecule has 0 heterocycles. The number of methoxy groups -OCH3 is 2. The second kappa shape index (κ2) is 6.75. The number of esters is 2. The molecule has 0 aliphatic rings. The first-order valence-corrected chi connectivity index (χ1v) is 5.62. The van der Waals surface area contributed by atoms with Crippen LogP contribution in [0.15, 0.2) is 18.2 Å². The fraction of sp³-hybridized carbons (Fsp3) is 0.385. The van der Waals surface area contributed by atoms with Crippen molar-refractivity contribution < 1.29 is 28.9 Å². The molecule has 0 fully saturated rings. The number of hydrogen-bond donors (Lipinski definition) is 1. The first-order valence-electron chi connectivity index (χ1n) is 5.62. The lowest BCUT2D eigenvalue weighted by Crippen LogP contribution is -2.21. The number of aliphatic hydroxyl groups is 1. The zero-order chi connectivity index (χ0) is 14.4. The molecule has 6 nitrogen and oxygen atoms in total. The zero-order valence-corrected chi connectivity index (χ0v) is 11.0. The molecule has 1 rings (SSSR count). The van der Waals surface area contributed by atoms with Gasteiger partial charge in [0.15, 0.2) is 11.5 Å². The molecule has 0 saturated carbocycles. The third kappa shape index (κ3) is 3.69. The van der Waals surface area contributed by atoms with Gasteiger partial charge in [-0.3, -0.25) is 4.79 Å². The van der Waals surface area contributed by atoms with E-state index in [1.165, 1.54) is 39.3 Å². The predicted molar refractivity (Wildman–Crippen MR) is 66.2 cm³/mol. The highest BCUT2D eigenvalue weighted by atomic mass is 16.6. The maximum absolute atomic E-state index is 11.6. The first kappa shape index (κ1) is 15.0. The van der Waals surface area contributed by atoms with Crippen molar-refractivity contribution in [2.45, 2.75) is 6.92 Å². The van der Waals surface area contributed by atoms with Crippen LogP contribution in [0.1, 0.15) is 17.3 Å². The summed E-state index contributed by atoms with van der Waals surface area (Å²) in [6, 6.07) is 4.35. The van der Waals surface area contributed by atoms with Gasteiger partial charge in [-0.05, 0) is 25.1 Å². The number of aliphatic hydroxyl groups excluding tert-OH is 1. The Kier molecular flexibility index (Phi) is 5.32. The molecule has 104 valence electrons. The van der Waals surface area contributed by atoms with Crippen LogP contribution >= 0.6 is 0 Å². The van der Waals surface area contributed by atoms with Crippen molar-refractivity contribution in [3.8, 4) is 11.5 Å². The monoisotopic (exact) mass is 268 g/mol. The molecule has 1 aromatic rings. The number of benzene rings is 1. The molecule has 0 aliphatic carbocycles. The number of ether oxygens (including phenoxy) is 3. The van der Waals surface area contributed by atoms with Crippen molar-refractivity contribution in [2.24, 2.45) is 5.92 Å². The van der Waals surface area contributed by atoms with E-state index in [1.807, 2.05) is 0 Å². The molecular formula is C13H16O6. The Morgan fingerprint density at radius 1 is 1.26 bits per heavy atom. The molecule has 0 bridgehead atoms. The van der Waals surface area contributed by atoms with Gasteiger partial charge >= 0.3 is 11.9 Å². The molecule has 1 unspecified atom stereocenters. The predicted octanol–water partition coefficient (Wildman–Crippen LogP) is 1.02. The Morgan fingerprint density at radius 2 is 1.95 bits per heavy atom. The van der Waals surface area contributed by atoms with E-state index < -0.39 is 17.9 Å². The Bertz CT molecular complexity index is 468. The summed E-state index contributed by atoms with van der Waals surface area (Å²) in [5, 5.41) is 8.88. The smallest absolute Gasteiger partial charge is 0.337 e. The summed E-state index contributed by atoms with van der Waals surface area (Å²) in [5.74, 6) is -1.40. The molecule has 0 amide bonds. The van der Waals surface area contributed by atoms with Gasteiger partial charge in [0.1, 0.15) is 0 Å². The fourth-order valence-corrected chi connectivity index (χ4v) is 1.28. The van der Waals surface area contributed by atoms with Crippen LogP contribution in [-0.4, -0.2) is 37.9 Å². The molecule has 1 atom stereocenters. The van der Waals surface area contributed by atoms with E-state index in [1.54, 1.807) is 0 Å². The summed E-state index contributed by atoms with van der Waals surface area (Å²) < 4.78 is 14.7. The minimum absolute atomic E-state index is 0.107. The lowest BCUT2D eigenvalue weighted by molar-refractivity contribution is -0.139. The molecule has 1 aromatic carbocycles. The Labute approximate surface area is 110 Å². The van der Waals surface area contributed by atoms with Crippen LogP contribution in [0, 0.1) is 5.92 Å². The highest BCUT2D eigenvalue weighted by Crippen LogP contribution is 2.29. The van der Waals surface area contributed by atoms with Crippen LogP contribution in [0.25, 0.3) is 0 Å². The van der Waals surface area contributed by atoms with Crippen LogP contribution in [0.3, 0.4) is 0 Å². The van der Waals surface area contributed by atoms with Gasteiger partial charge in [0.25, 0.3) is 0 Å². The molecule has 6 heteroatoms. The second-order valence-corrected chi connectivity index (χ2v) is 3.86. The molecular weight excluding hydrogens is 252 g/mol. The molecule has 0 radical (unpaired) electrons. The third-order valence-electron chi connectivity index (χ3n) is 2.47. The molecule has 1 N–H and O–H groups in total. The van der Waals surface area contributed by atoms with Crippen molar-refractivity contribution >= 4 is 11.9 Å². The average Bonchev–Trinajstić information content (AvgIpc) is 2.45. The van der Waals surface area contributed by atoms with E-state index in [9.17, 15) is 9.59 Å². The van der Waals surface area contributed by atoms with E-state index in [0.717, 1.165) is 0 Å². The lowest BCUT2D eigenvalue weighted by Gasteiger charge is -2.12. The average molecular weight is 268 g/mol. The quantitative estimate of drug-likeness (QED) is 0.634. The topological polar surface area (TPSA) is 82.1 Å². The van der Waals surface area contributed by atoms with Gasteiger partial charge in [0, 0.05) is 0 Å². The van der Waals surface area contributed by atoms with E-state index >= 15 is 0 Å². The van der Waals surface area contributed by atoms with Gasteiger partial charge in [0.2, 0.25) is 0 Å². The number of rotatable bonds is 5. The Morgan fingerprint density at radius 3 is 2.47 bits per heavy atom. The molecule has 0 aromatic heterocycles. The molecule has 0 aliphatic heterocycles. The summed E-state index contributed by atoms with van der Waals surface area (Å²) >= 11 is 0. The number of hydrogen-bond acceptors (Lipinski definition) is 6. The van der Waals surface area contributed by atoms with Crippen LogP contribution in [0.5, 0.6) is 11.5 Å². The summed E-state index contributed by atoms with van der Waals surface area (Å²) in [5.41, 5.74) is 0.239. The number of carbonyl (C=O) groups excluding carboxylic acids is 2. The molecule has 0 saturated heterocycles. The standard InChI is InChI=1S/C13H16O6/c1-8(7-14)12(15)19-11-6-9(13(16)18-3)4-5-10(11)17-2/h4-6,8,14H,7H2,1-3H3. The van der Waals surface area contributed by atoms with Crippen LogP contribution in [0.2, 0.25) is 0 Å². The maximum atomic E-state index is 11.6. The fourth-order valence-electron chi connectivity index (χ4n) is 1.28. The van der Waals surface area contributed by atoms with Gasteiger partial charge < -0.3 is 19.3 Å². The highest BCUT2D eigenvalue weighted by molar-refractivity contribution is 5.90. The van der Waals surface area contributed by atoms with Gasteiger partial charge in [-0.25, -0.2) is 4.79 Å². The SMILES string of the molecule is COC(=O)c1ccc(OC)c(OC(=O)C(C)CO)c1. The normalized spacial score (nSPS) is 11.6. The van der Waals surface area contributed by atoms with Gasteiger partial charge in [-0.2, -0.15) is 0 Å². The van der Waals surface area contributed by atoms with E-state index in [2.05, 4.69) is 4.74 Å². The third-order valence-corrected chi connectivity index (χ3v) is 2.47. The largest absolute Gasteiger partial charge is 0.493 e. The van der Waals surface area contributed by atoms with Crippen molar-refractivity contribution in [3.63, 3.8) is 0 Å². The second-order valence-electron chi connectivity index (χ2n) is 3.86. The minimum Gasteiger partial charge on any atom is -0.493 e. The Balaban J connectivity index is 3.02. The van der Waals surface area contributed by atoms with Crippen molar-refractivity contribution in [3.05, 3.63) is 23.8 Å². The van der Waals surface area contributed by atoms with Crippen molar-refractivity contribution in [2.75, 3.05) is 20.8 Å². The van der Waals surface area contributed by atoms with Gasteiger partial charge in [-0.1, -0.05) is 0 Å². The minimum atomic E-state index is -0.661. The lowest BCUT2D eigenvalue weighted by atomic mass is 10.2. The summed E-state index contributed by atoms with van der Waals surface area (Å²) in [7, 11) is 2.67. The van der Waals surface area contributed by atoms with Gasteiger partial charge in [-0.15, -0.1) is 0 Å². The first-order chi connectivity index (χ1) is 9.03. The number of carbonyl (C=O) groups is 2. The van der Waals surface area contributed by atoms with E-state index in [0.29, 0.717) is 5.75 Å². The van der Waals surface area contributed by atoms with Crippen LogP contribution < -0.4 is 9.47 Å². The summed E-state index contributed by atoms with van der Waals surface area (Å²) in [6.07, 6.45) is 0. The van der Waals surface area contributed by atoms with Crippen molar-refractivity contribution in [1.82, 2.24) is 0 Å². The molecule has 19 heavy (non-hydrogen) atoms. The zero-order valence-electron chi connectivity index (χ0n) is 11.0. The van der Waals surface area contributed by atoms with Crippen LogP contribution in [-0.2, 0) is 9.53 Å². The van der Waals surface area contributed by atoms with E-state index in [-0.39, 0.29) is 17.9 Å². The van der Waals surface area contributed by atoms with Gasteiger partial charge in [0.05, 0.1) is 32.3 Å².